The van der Waals surface area contributed by atoms with Gasteiger partial charge in [0.15, 0.2) is 0 Å². The first-order valence-electron chi connectivity index (χ1n) is 6.65. The number of nitrogens with zero attached hydrogens (tertiary/aromatic N) is 2. The molecular weight excluding hydrogens is 230 g/mol. The molecule has 2 rings (SSSR count). The average molecular weight is 253 g/mol. The molecule has 0 spiro atoms. The van der Waals surface area contributed by atoms with Crippen LogP contribution in [0.1, 0.15) is 43.3 Å². The van der Waals surface area contributed by atoms with Gasteiger partial charge in [-0.25, -0.2) is 4.98 Å². The smallest absolute Gasteiger partial charge is 0.107 e. The van der Waals surface area contributed by atoms with Gasteiger partial charge in [0.1, 0.15) is 5.01 Å². The van der Waals surface area contributed by atoms with Crippen LogP contribution in [0.5, 0.6) is 0 Å². The Labute approximate surface area is 108 Å². The highest BCUT2D eigenvalue weighted by Gasteiger charge is 2.28. The maximum atomic E-state index is 4.67. The summed E-state index contributed by atoms with van der Waals surface area (Å²) in [5.74, 6) is 0. The SMILES string of the molecule is CCCCN(Cc1csc(CNC)n1)C1CC1. The van der Waals surface area contributed by atoms with Gasteiger partial charge in [0, 0.05) is 24.5 Å². The normalized spacial score (nSPS) is 15.7. The highest BCUT2D eigenvalue weighted by Crippen LogP contribution is 2.28. The molecule has 0 aromatic carbocycles. The Bertz CT molecular complexity index is 333. The molecule has 0 unspecified atom stereocenters. The third kappa shape index (κ3) is 4.05. The van der Waals surface area contributed by atoms with Crippen molar-refractivity contribution in [2.75, 3.05) is 13.6 Å². The first-order chi connectivity index (χ1) is 8.33. The van der Waals surface area contributed by atoms with Gasteiger partial charge >= 0.3 is 0 Å². The average Bonchev–Trinajstić information content (AvgIpc) is 3.08. The zero-order valence-electron chi connectivity index (χ0n) is 10.9. The zero-order chi connectivity index (χ0) is 12.1. The maximum Gasteiger partial charge on any atom is 0.107 e. The van der Waals surface area contributed by atoms with Crippen molar-refractivity contribution in [3.8, 4) is 0 Å². The van der Waals surface area contributed by atoms with E-state index in [-0.39, 0.29) is 0 Å². The van der Waals surface area contributed by atoms with Crippen molar-refractivity contribution in [1.29, 1.82) is 0 Å². The highest BCUT2D eigenvalue weighted by atomic mass is 32.1. The first kappa shape index (κ1) is 13.0. The number of hydrogen-bond donors (Lipinski definition) is 1. The van der Waals surface area contributed by atoms with Gasteiger partial charge in [-0.1, -0.05) is 13.3 Å². The van der Waals surface area contributed by atoms with Crippen LogP contribution in [0.15, 0.2) is 5.38 Å². The molecule has 1 aromatic heterocycles. The van der Waals surface area contributed by atoms with Crippen LogP contribution in [0.25, 0.3) is 0 Å². The predicted octanol–water partition coefficient (Wildman–Crippen LogP) is 2.63. The largest absolute Gasteiger partial charge is 0.314 e. The minimum absolute atomic E-state index is 0.844. The maximum absolute atomic E-state index is 4.67. The summed E-state index contributed by atoms with van der Waals surface area (Å²) in [6.45, 7) is 5.44. The summed E-state index contributed by atoms with van der Waals surface area (Å²) in [7, 11) is 1.97. The summed E-state index contributed by atoms with van der Waals surface area (Å²) in [6.07, 6.45) is 5.36. The molecule has 0 radical (unpaired) electrons. The van der Waals surface area contributed by atoms with Gasteiger partial charge < -0.3 is 5.32 Å². The van der Waals surface area contributed by atoms with E-state index in [1.165, 1.54) is 42.9 Å². The van der Waals surface area contributed by atoms with Crippen LogP contribution in [0.4, 0.5) is 0 Å². The second-order valence-corrected chi connectivity index (χ2v) is 5.76. The Hall–Kier alpha value is -0.450. The van der Waals surface area contributed by atoms with E-state index >= 15 is 0 Å². The number of rotatable bonds is 8. The molecule has 1 aliphatic rings. The lowest BCUT2D eigenvalue weighted by atomic mass is 10.3. The van der Waals surface area contributed by atoms with Crippen LogP contribution >= 0.6 is 11.3 Å². The highest BCUT2D eigenvalue weighted by molar-refractivity contribution is 7.09. The topological polar surface area (TPSA) is 28.2 Å². The van der Waals surface area contributed by atoms with Crippen LogP contribution < -0.4 is 5.32 Å². The fourth-order valence-corrected chi connectivity index (χ4v) is 2.85. The molecule has 1 aliphatic carbocycles. The number of nitrogens with one attached hydrogen (secondary N) is 1. The van der Waals surface area contributed by atoms with Crippen LogP contribution in [0, 0.1) is 0 Å². The fourth-order valence-electron chi connectivity index (χ4n) is 2.05. The van der Waals surface area contributed by atoms with E-state index in [2.05, 4.69) is 27.5 Å². The van der Waals surface area contributed by atoms with Crippen LogP contribution in [-0.2, 0) is 13.1 Å². The molecule has 0 saturated heterocycles. The van der Waals surface area contributed by atoms with Gasteiger partial charge in [0.25, 0.3) is 0 Å². The van der Waals surface area contributed by atoms with Crippen molar-refractivity contribution in [2.45, 2.75) is 51.7 Å². The van der Waals surface area contributed by atoms with Crippen LogP contribution in [0.2, 0.25) is 0 Å². The van der Waals surface area contributed by atoms with Gasteiger partial charge in [-0.2, -0.15) is 0 Å². The van der Waals surface area contributed by atoms with E-state index in [4.69, 9.17) is 0 Å². The van der Waals surface area contributed by atoms with Gasteiger partial charge in [-0.15, -0.1) is 11.3 Å². The molecule has 17 heavy (non-hydrogen) atoms. The quantitative estimate of drug-likeness (QED) is 0.772. The summed E-state index contributed by atoms with van der Waals surface area (Å²) in [5.41, 5.74) is 1.25. The Balaban J connectivity index is 1.87. The second kappa shape index (κ2) is 6.47. The van der Waals surface area contributed by atoms with E-state index in [1.54, 1.807) is 11.3 Å². The minimum Gasteiger partial charge on any atom is -0.314 e. The molecule has 1 aromatic rings. The van der Waals surface area contributed by atoms with Crippen LogP contribution in [-0.4, -0.2) is 29.5 Å². The summed E-state index contributed by atoms with van der Waals surface area (Å²) in [6, 6.07) is 0.844. The Kier molecular flexibility index (Phi) is 4.95. The molecule has 0 amide bonds. The van der Waals surface area contributed by atoms with E-state index in [9.17, 15) is 0 Å². The third-order valence-electron chi connectivity index (χ3n) is 3.15. The molecule has 0 aliphatic heterocycles. The van der Waals surface area contributed by atoms with Gasteiger partial charge in [-0.05, 0) is 32.9 Å². The van der Waals surface area contributed by atoms with E-state index in [0.29, 0.717) is 0 Å². The van der Waals surface area contributed by atoms with Crippen molar-refractivity contribution in [3.05, 3.63) is 16.1 Å². The van der Waals surface area contributed by atoms with E-state index < -0.39 is 0 Å². The Morgan fingerprint density at radius 3 is 3.00 bits per heavy atom. The number of aromatic nitrogens is 1. The molecule has 1 fully saturated rings. The van der Waals surface area contributed by atoms with Crippen molar-refractivity contribution >= 4 is 11.3 Å². The monoisotopic (exact) mass is 253 g/mol. The summed E-state index contributed by atoms with van der Waals surface area (Å²) >= 11 is 1.77. The predicted molar refractivity (Wildman–Crippen MR) is 73.2 cm³/mol. The molecule has 0 bridgehead atoms. The summed E-state index contributed by atoms with van der Waals surface area (Å²) in [5, 5.41) is 6.57. The molecule has 1 saturated carbocycles. The number of unbranched alkanes of at least 4 members (excludes halogenated alkanes) is 1. The van der Waals surface area contributed by atoms with E-state index in [0.717, 1.165) is 19.1 Å². The number of hydrogen-bond acceptors (Lipinski definition) is 4. The van der Waals surface area contributed by atoms with Crippen molar-refractivity contribution in [1.82, 2.24) is 15.2 Å². The lowest BCUT2D eigenvalue weighted by Crippen LogP contribution is -2.26. The summed E-state index contributed by atoms with van der Waals surface area (Å²) < 4.78 is 0. The lowest BCUT2D eigenvalue weighted by molar-refractivity contribution is 0.248. The first-order valence-corrected chi connectivity index (χ1v) is 7.53. The van der Waals surface area contributed by atoms with Gasteiger partial charge in [-0.3, -0.25) is 4.90 Å². The molecule has 3 nitrogen and oxygen atoms in total. The van der Waals surface area contributed by atoms with Crippen molar-refractivity contribution in [3.63, 3.8) is 0 Å². The lowest BCUT2D eigenvalue weighted by Gasteiger charge is -2.20. The fraction of sp³-hybridized carbons (Fsp3) is 0.769. The molecular formula is C13H23N3S. The van der Waals surface area contributed by atoms with E-state index in [1.807, 2.05) is 7.05 Å². The molecule has 1 N–H and O–H groups in total. The summed E-state index contributed by atoms with van der Waals surface area (Å²) in [4.78, 5) is 7.29. The molecule has 96 valence electrons. The zero-order valence-corrected chi connectivity index (χ0v) is 11.7. The van der Waals surface area contributed by atoms with Crippen molar-refractivity contribution < 1.29 is 0 Å². The Morgan fingerprint density at radius 2 is 2.35 bits per heavy atom. The third-order valence-corrected chi connectivity index (χ3v) is 4.05. The van der Waals surface area contributed by atoms with Crippen molar-refractivity contribution in [2.24, 2.45) is 0 Å². The Morgan fingerprint density at radius 1 is 1.53 bits per heavy atom. The van der Waals surface area contributed by atoms with Crippen LogP contribution in [0.3, 0.4) is 0 Å². The standard InChI is InChI=1S/C13H23N3S/c1-3-4-7-16(12-5-6-12)9-11-10-17-13(15-11)8-14-2/h10,12,14H,3-9H2,1-2H3. The number of thiazole rings is 1. The minimum atomic E-state index is 0.844. The van der Waals surface area contributed by atoms with Gasteiger partial charge in [0.05, 0.1) is 5.69 Å². The molecule has 0 atom stereocenters. The molecule has 1 heterocycles. The van der Waals surface area contributed by atoms with Gasteiger partial charge in [0.2, 0.25) is 0 Å². The molecule has 4 heteroatoms. The second-order valence-electron chi connectivity index (χ2n) is 4.82.